The Labute approximate surface area is 129 Å². The molecule has 3 N–H and O–H groups in total. The number of aliphatic imine (C=N–C) groups is 1. The molecule has 6 heteroatoms. The molecule has 22 heavy (non-hydrogen) atoms. The highest BCUT2D eigenvalue weighted by Gasteiger charge is 2.38. The lowest BCUT2D eigenvalue weighted by Crippen LogP contribution is -2.46. The molecule has 1 unspecified atom stereocenters. The fourth-order valence-corrected chi connectivity index (χ4v) is 3.11. The molecule has 116 valence electrons. The second-order valence-electron chi connectivity index (χ2n) is 5.96. The van der Waals surface area contributed by atoms with Gasteiger partial charge in [-0.15, -0.1) is 0 Å². The number of ether oxygens (including phenoxy) is 2. The van der Waals surface area contributed by atoms with Crippen LogP contribution in [0.15, 0.2) is 35.5 Å². The van der Waals surface area contributed by atoms with Gasteiger partial charge in [-0.25, -0.2) is 4.99 Å². The maximum Gasteiger partial charge on any atom is 0.210 e. The fraction of sp³-hybridized carbons (Fsp3) is 0.438. The zero-order valence-electron chi connectivity index (χ0n) is 12.6. The number of nitrogens with two attached hydrogens (primary N) is 1. The second-order valence-corrected chi connectivity index (χ2v) is 5.96. The van der Waals surface area contributed by atoms with Crippen LogP contribution in [0.2, 0.25) is 0 Å². The first-order valence-corrected chi connectivity index (χ1v) is 7.56. The monoisotopic (exact) mass is 300 g/mol. The number of anilines is 1. The zero-order chi connectivity index (χ0) is 15.2. The smallest absolute Gasteiger partial charge is 0.210 e. The van der Waals surface area contributed by atoms with Gasteiger partial charge in [-0.1, -0.05) is 6.07 Å². The van der Waals surface area contributed by atoms with Gasteiger partial charge in [0.15, 0.2) is 5.96 Å². The Morgan fingerprint density at radius 2 is 2.32 bits per heavy atom. The summed E-state index contributed by atoms with van der Waals surface area (Å²) in [6.45, 7) is 2.25. The van der Waals surface area contributed by atoms with Crippen molar-refractivity contribution in [2.24, 2.45) is 10.7 Å². The summed E-state index contributed by atoms with van der Waals surface area (Å²) in [5, 5.41) is 2.90. The van der Waals surface area contributed by atoms with Gasteiger partial charge in [0.1, 0.15) is 6.10 Å². The van der Waals surface area contributed by atoms with Crippen molar-refractivity contribution in [2.45, 2.75) is 18.2 Å². The molecule has 1 aromatic rings. The highest BCUT2D eigenvalue weighted by molar-refractivity contribution is 5.80. The molecule has 3 aliphatic heterocycles. The Kier molecular flexibility index (Phi) is 3.09. The largest absolute Gasteiger partial charge is 0.376 e. The predicted octanol–water partition coefficient (Wildman–Crippen LogP) is 0.679. The van der Waals surface area contributed by atoms with E-state index < -0.39 is 5.72 Å². The maximum atomic E-state index is 6.23. The molecule has 0 aliphatic carbocycles. The SMILES string of the molecule is CN1CCc2cc(C3(OC4COC4)C=CNC(N)=N3)ccc21. The van der Waals surface area contributed by atoms with Crippen molar-refractivity contribution in [3.8, 4) is 0 Å². The molecular formula is C16H20N4O2. The number of guanidine groups is 1. The second kappa shape index (κ2) is 5.00. The molecule has 1 aromatic carbocycles. The molecule has 0 saturated carbocycles. The molecule has 0 radical (unpaired) electrons. The molecule has 1 fully saturated rings. The highest BCUT2D eigenvalue weighted by Crippen LogP contribution is 2.37. The van der Waals surface area contributed by atoms with Crippen LogP contribution in [0.3, 0.4) is 0 Å². The molecule has 0 aromatic heterocycles. The Balaban J connectivity index is 1.74. The molecule has 0 spiro atoms. The summed E-state index contributed by atoms with van der Waals surface area (Å²) in [5.41, 5.74) is 8.64. The quantitative estimate of drug-likeness (QED) is 0.859. The highest BCUT2D eigenvalue weighted by atomic mass is 16.6. The number of hydrogen-bond donors (Lipinski definition) is 2. The summed E-state index contributed by atoms with van der Waals surface area (Å²) in [4.78, 5) is 6.82. The van der Waals surface area contributed by atoms with Crippen molar-refractivity contribution >= 4 is 11.6 Å². The van der Waals surface area contributed by atoms with Crippen molar-refractivity contribution in [1.29, 1.82) is 0 Å². The topological polar surface area (TPSA) is 72.1 Å². The van der Waals surface area contributed by atoms with Crippen molar-refractivity contribution in [2.75, 3.05) is 31.7 Å². The Hall–Kier alpha value is -2.05. The van der Waals surface area contributed by atoms with Gasteiger partial charge in [0.2, 0.25) is 5.72 Å². The predicted molar refractivity (Wildman–Crippen MR) is 84.7 cm³/mol. The van der Waals surface area contributed by atoms with Crippen LogP contribution < -0.4 is 16.0 Å². The molecule has 4 rings (SSSR count). The van der Waals surface area contributed by atoms with Crippen LogP contribution in [0.25, 0.3) is 0 Å². The lowest BCUT2D eigenvalue weighted by molar-refractivity contribution is -0.179. The van der Waals surface area contributed by atoms with Gasteiger partial charge >= 0.3 is 0 Å². The van der Waals surface area contributed by atoms with E-state index in [1.165, 1.54) is 11.3 Å². The molecule has 0 amide bonds. The van der Waals surface area contributed by atoms with Gasteiger partial charge in [0.25, 0.3) is 0 Å². The lowest BCUT2D eigenvalue weighted by Gasteiger charge is -2.37. The fourth-order valence-electron chi connectivity index (χ4n) is 3.11. The average molecular weight is 300 g/mol. The summed E-state index contributed by atoms with van der Waals surface area (Å²) in [6.07, 6.45) is 4.81. The minimum Gasteiger partial charge on any atom is -0.376 e. The van der Waals surface area contributed by atoms with E-state index in [-0.39, 0.29) is 6.10 Å². The number of benzene rings is 1. The van der Waals surface area contributed by atoms with Crippen LogP contribution in [-0.2, 0) is 21.6 Å². The Morgan fingerprint density at radius 1 is 1.45 bits per heavy atom. The first-order valence-electron chi connectivity index (χ1n) is 7.56. The summed E-state index contributed by atoms with van der Waals surface area (Å²) < 4.78 is 11.4. The van der Waals surface area contributed by atoms with Crippen molar-refractivity contribution < 1.29 is 9.47 Å². The third kappa shape index (κ3) is 2.15. The van der Waals surface area contributed by atoms with E-state index in [2.05, 4.69) is 40.5 Å². The number of likely N-dealkylation sites (N-methyl/N-ethyl adjacent to an activating group) is 1. The van der Waals surface area contributed by atoms with Crippen LogP contribution in [0.5, 0.6) is 0 Å². The standard InChI is InChI=1S/C16H20N4O2/c1-20-7-4-11-8-12(2-3-14(11)20)16(22-13-9-21-10-13)5-6-18-15(17)19-16/h2-3,5-6,8,13H,4,7,9-10H2,1H3,(H3,17,18,19). The summed E-state index contributed by atoms with van der Waals surface area (Å²) in [6, 6.07) is 6.40. The molecule has 6 nitrogen and oxygen atoms in total. The van der Waals surface area contributed by atoms with E-state index in [4.69, 9.17) is 15.2 Å². The third-order valence-electron chi connectivity index (χ3n) is 4.40. The number of nitrogens with one attached hydrogen (secondary N) is 1. The van der Waals surface area contributed by atoms with Crippen molar-refractivity contribution in [1.82, 2.24) is 5.32 Å². The Morgan fingerprint density at radius 3 is 3.05 bits per heavy atom. The van der Waals surface area contributed by atoms with Crippen molar-refractivity contribution in [3.05, 3.63) is 41.6 Å². The van der Waals surface area contributed by atoms with E-state index in [9.17, 15) is 0 Å². The molecule has 1 saturated heterocycles. The maximum absolute atomic E-state index is 6.23. The minimum absolute atomic E-state index is 0.0511. The van der Waals surface area contributed by atoms with E-state index in [1.807, 2.05) is 6.08 Å². The molecule has 3 heterocycles. The minimum atomic E-state index is -0.861. The van der Waals surface area contributed by atoms with Gasteiger partial charge in [0.05, 0.1) is 13.2 Å². The van der Waals surface area contributed by atoms with Gasteiger partial charge in [-0.3, -0.25) is 0 Å². The van der Waals surface area contributed by atoms with E-state index in [1.54, 1.807) is 6.20 Å². The summed E-state index contributed by atoms with van der Waals surface area (Å²) in [7, 11) is 2.12. The zero-order valence-corrected chi connectivity index (χ0v) is 12.6. The summed E-state index contributed by atoms with van der Waals surface area (Å²) in [5.74, 6) is 0.361. The molecular weight excluding hydrogens is 280 g/mol. The average Bonchev–Trinajstić information content (AvgIpc) is 2.84. The van der Waals surface area contributed by atoms with Gasteiger partial charge < -0.3 is 25.4 Å². The molecule has 1 atom stereocenters. The van der Waals surface area contributed by atoms with Crippen LogP contribution in [0, 0.1) is 0 Å². The van der Waals surface area contributed by atoms with E-state index in [0.717, 1.165) is 18.5 Å². The summed E-state index contributed by atoms with van der Waals surface area (Å²) >= 11 is 0. The van der Waals surface area contributed by atoms with Crippen LogP contribution in [0.4, 0.5) is 5.69 Å². The van der Waals surface area contributed by atoms with Crippen LogP contribution >= 0.6 is 0 Å². The number of hydrogen-bond acceptors (Lipinski definition) is 6. The number of nitrogens with zero attached hydrogens (tertiary/aromatic N) is 2. The number of fused-ring (bicyclic) bond motifs is 1. The number of rotatable bonds is 3. The van der Waals surface area contributed by atoms with Gasteiger partial charge in [-0.2, -0.15) is 0 Å². The van der Waals surface area contributed by atoms with Gasteiger partial charge in [-0.05, 0) is 30.2 Å². The van der Waals surface area contributed by atoms with Crippen molar-refractivity contribution in [3.63, 3.8) is 0 Å². The van der Waals surface area contributed by atoms with Crippen LogP contribution in [0.1, 0.15) is 11.1 Å². The first-order chi connectivity index (χ1) is 10.7. The van der Waals surface area contributed by atoms with E-state index >= 15 is 0 Å². The molecule has 3 aliphatic rings. The third-order valence-corrected chi connectivity index (χ3v) is 4.40. The normalized spacial score (nSPS) is 27.1. The lowest BCUT2D eigenvalue weighted by atomic mass is 9.98. The molecule has 0 bridgehead atoms. The van der Waals surface area contributed by atoms with Gasteiger partial charge in [0, 0.05) is 31.0 Å². The first kappa shape index (κ1) is 13.6. The van der Waals surface area contributed by atoms with Crippen LogP contribution in [-0.4, -0.2) is 38.9 Å². The van der Waals surface area contributed by atoms with E-state index in [0.29, 0.717) is 19.2 Å². The Bertz CT molecular complexity index is 654.